The summed E-state index contributed by atoms with van der Waals surface area (Å²) in [6.07, 6.45) is 8.50. The van der Waals surface area contributed by atoms with E-state index in [1.54, 1.807) is 17.8 Å². The third kappa shape index (κ3) is 2.45. The lowest BCUT2D eigenvalue weighted by molar-refractivity contribution is -0.0366. The number of rotatable bonds is 3. The molecule has 3 aromatic rings. The SMILES string of the molecule is CC(=O)c1cc2c(cnn2C2CCCCO2)cc1-n1cccn1. The maximum Gasteiger partial charge on any atom is 0.162 e. The van der Waals surface area contributed by atoms with Gasteiger partial charge in [-0.2, -0.15) is 10.2 Å². The molecule has 1 aliphatic rings. The molecule has 0 aliphatic carbocycles. The van der Waals surface area contributed by atoms with Gasteiger partial charge in [0.05, 0.1) is 17.4 Å². The van der Waals surface area contributed by atoms with Gasteiger partial charge in [0.25, 0.3) is 0 Å². The van der Waals surface area contributed by atoms with E-state index in [0.29, 0.717) is 5.56 Å². The Hall–Kier alpha value is -2.47. The average Bonchev–Trinajstić information content (AvgIpc) is 3.23. The van der Waals surface area contributed by atoms with Crippen LogP contribution in [0, 0.1) is 0 Å². The minimum absolute atomic E-state index is 0.00899. The molecule has 23 heavy (non-hydrogen) atoms. The van der Waals surface area contributed by atoms with E-state index in [1.807, 2.05) is 35.3 Å². The second-order valence-corrected chi connectivity index (χ2v) is 5.85. The fourth-order valence-electron chi connectivity index (χ4n) is 3.11. The normalized spacial score (nSPS) is 18.4. The number of carbonyl (C=O) groups excluding carboxylic acids is 1. The van der Waals surface area contributed by atoms with Crippen molar-refractivity contribution in [2.75, 3.05) is 6.61 Å². The Labute approximate surface area is 133 Å². The van der Waals surface area contributed by atoms with E-state index >= 15 is 0 Å². The Bertz CT molecular complexity index is 845. The zero-order valence-corrected chi connectivity index (χ0v) is 13.0. The molecule has 1 aromatic carbocycles. The van der Waals surface area contributed by atoms with Crippen molar-refractivity contribution >= 4 is 16.7 Å². The van der Waals surface area contributed by atoms with Crippen LogP contribution >= 0.6 is 0 Å². The van der Waals surface area contributed by atoms with Crippen molar-refractivity contribution in [2.24, 2.45) is 0 Å². The van der Waals surface area contributed by atoms with Crippen molar-refractivity contribution in [3.8, 4) is 5.69 Å². The highest BCUT2D eigenvalue weighted by atomic mass is 16.5. The molecule has 6 heteroatoms. The molecule has 0 bridgehead atoms. The van der Waals surface area contributed by atoms with Gasteiger partial charge in [-0.3, -0.25) is 4.79 Å². The molecule has 1 saturated heterocycles. The number of Topliss-reactive ketones (excluding diaryl/α,β-unsaturated/α-hetero) is 1. The summed E-state index contributed by atoms with van der Waals surface area (Å²) in [5.74, 6) is 0.00899. The molecule has 0 radical (unpaired) electrons. The van der Waals surface area contributed by atoms with E-state index in [1.165, 1.54) is 0 Å². The Morgan fingerprint density at radius 2 is 2.22 bits per heavy atom. The molecule has 0 saturated carbocycles. The molecular formula is C17H18N4O2. The van der Waals surface area contributed by atoms with Crippen LogP contribution in [0.15, 0.2) is 36.8 Å². The number of aromatic nitrogens is 4. The Morgan fingerprint density at radius 3 is 2.91 bits per heavy atom. The number of carbonyl (C=O) groups is 1. The molecule has 1 atom stereocenters. The quantitative estimate of drug-likeness (QED) is 0.697. The third-order valence-electron chi connectivity index (χ3n) is 4.27. The predicted octanol–water partition coefficient (Wildman–Crippen LogP) is 3.12. The monoisotopic (exact) mass is 310 g/mol. The van der Waals surface area contributed by atoms with Crippen LogP contribution < -0.4 is 0 Å². The van der Waals surface area contributed by atoms with Crippen LogP contribution in [-0.4, -0.2) is 32.0 Å². The lowest BCUT2D eigenvalue weighted by Gasteiger charge is -2.23. The molecular weight excluding hydrogens is 292 g/mol. The molecule has 1 aliphatic heterocycles. The number of benzene rings is 1. The molecule has 2 aromatic heterocycles. The van der Waals surface area contributed by atoms with Crippen LogP contribution in [0.25, 0.3) is 16.6 Å². The first-order valence-corrected chi connectivity index (χ1v) is 7.88. The van der Waals surface area contributed by atoms with Crippen LogP contribution in [0.3, 0.4) is 0 Å². The van der Waals surface area contributed by atoms with Crippen LogP contribution in [0.2, 0.25) is 0 Å². The van der Waals surface area contributed by atoms with Gasteiger partial charge in [0.2, 0.25) is 0 Å². The maximum absolute atomic E-state index is 12.1. The van der Waals surface area contributed by atoms with Crippen molar-refractivity contribution in [1.29, 1.82) is 0 Å². The van der Waals surface area contributed by atoms with Gasteiger partial charge in [0.1, 0.15) is 0 Å². The van der Waals surface area contributed by atoms with E-state index in [4.69, 9.17) is 4.74 Å². The molecule has 0 spiro atoms. The maximum atomic E-state index is 12.1. The fourth-order valence-corrected chi connectivity index (χ4v) is 3.11. The molecule has 6 nitrogen and oxygen atoms in total. The zero-order valence-electron chi connectivity index (χ0n) is 13.0. The second kappa shape index (κ2) is 5.62. The van der Waals surface area contributed by atoms with Crippen LogP contribution in [0.5, 0.6) is 0 Å². The largest absolute Gasteiger partial charge is 0.356 e. The van der Waals surface area contributed by atoms with E-state index < -0.39 is 0 Å². The zero-order chi connectivity index (χ0) is 15.8. The first kappa shape index (κ1) is 14.1. The Morgan fingerprint density at radius 1 is 1.30 bits per heavy atom. The van der Waals surface area contributed by atoms with E-state index in [9.17, 15) is 4.79 Å². The predicted molar refractivity (Wildman–Crippen MR) is 85.7 cm³/mol. The Balaban J connectivity index is 1.87. The molecule has 0 N–H and O–H groups in total. The van der Waals surface area contributed by atoms with Gasteiger partial charge < -0.3 is 4.74 Å². The molecule has 0 amide bonds. The van der Waals surface area contributed by atoms with Crippen LogP contribution in [0.4, 0.5) is 0 Å². The number of hydrogen-bond acceptors (Lipinski definition) is 4. The first-order valence-electron chi connectivity index (χ1n) is 7.88. The lowest BCUT2D eigenvalue weighted by Crippen LogP contribution is -2.19. The van der Waals surface area contributed by atoms with Gasteiger partial charge in [-0.15, -0.1) is 0 Å². The van der Waals surface area contributed by atoms with Crippen LogP contribution in [0.1, 0.15) is 42.8 Å². The smallest absolute Gasteiger partial charge is 0.162 e. The topological polar surface area (TPSA) is 61.9 Å². The summed E-state index contributed by atoms with van der Waals surface area (Å²) in [7, 11) is 0. The van der Waals surface area contributed by atoms with Gasteiger partial charge in [0, 0.05) is 30.0 Å². The fraction of sp³-hybridized carbons (Fsp3) is 0.353. The molecule has 3 heterocycles. The number of ether oxygens (including phenoxy) is 1. The van der Waals surface area contributed by atoms with Gasteiger partial charge in [0.15, 0.2) is 12.0 Å². The molecule has 1 unspecified atom stereocenters. The highest BCUT2D eigenvalue weighted by Crippen LogP contribution is 2.29. The number of ketones is 1. The summed E-state index contributed by atoms with van der Waals surface area (Å²) >= 11 is 0. The second-order valence-electron chi connectivity index (χ2n) is 5.85. The van der Waals surface area contributed by atoms with Gasteiger partial charge in [-0.1, -0.05) is 0 Å². The van der Waals surface area contributed by atoms with Gasteiger partial charge in [-0.25, -0.2) is 9.36 Å². The van der Waals surface area contributed by atoms with Crippen molar-refractivity contribution in [3.05, 3.63) is 42.4 Å². The molecule has 4 rings (SSSR count). The molecule has 1 fully saturated rings. The van der Waals surface area contributed by atoms with Gasteiger partial charge >= 0.3 is 0 Å². The van der Waals surface area contributed by atoms with E-state index in [0.717, 1.165) is 42.5 Å². The number of fused-ring (bicyclic) bond motifs is 1. The average molecular weight is 310 g/mol. The molecule has 118 valence electrons. The van der Waals surface area contributed by atoms with Crippen molar-refractivity contribution in [1.82, 2.24) is 19.6 Å². The first-order chi connectivity index (χ1) is 11.2. The summed E-state index contributed by atoms with van der Waals surface area (Å²) in [6.45, 7) is 2.34. The third-order valence-corrected chi connectivity index (χ3v) is 4.27. The highest BCUT2D eigenvalue weighted by Gasteiger charge is 2.20. The minimum atomic E-state index is -0.0448. The standard InChI is InChI=1S/C17H18N4O2/c1-12(22)14-10-15-13(9-16(14)20-7-4-6-18-20)11-19-21(15)17-5-2-3-8-23-17/h4,6-7,9-11,17H,2-3,5,8H2,1H3. The Kier molecular flexibility index (Phi) is 3.46. The minimum Gasteiger partial charge on any atom is -0.356 e. The number of hydrogen-bond donors (Lipinski definition) is 0. The van der Waals surface area contributed by atoms with E-state index in [2.05, 4.69) is 10.2 Å². The van der Waals surface area contributed by atoms with Crippen molar-refractivity contribution in [2.45, 2.75) is 32.4 Å². The van der Waals surface area contributed by atoms with Crippen molar-refractivity contribution in [3.63, 3.8) is 0 Å². The van der Waals surface area contributed by atoms with E-state index in [-0.39, 0.29) is 12.0 Å². The summed E-state index contributed by atoms with van der Waals surface area (Å²) in [4.78, 5) is 12.1. The van der Waals surface area contributed by atoms with Crippen LogP contribution in [-0.2, 0) is 4.74 Å². The summed E-state index contributed by atoms with van der Waals surface area (Å²) in [5.41, 5.74) is 2.34. The highest BCUT2D eigenvalue weighted by molar-refractivity contribution is 6.01. The van der Waals surface area contributed by atoms with Crippen molar-refractivity contribution < 1.29 is 9.53 Å². The van der Waals surface area contributed by atoms with Gasteiger partial charge in [-0.05, 0) is 44.4 Å². The summed E-state index contributed by atoms with van der Waals surface area (Å²) in [5, 5.41) is 9.72. The number of nitrogens with zero attached hydrogens (tertiary/aromatic N) is 4. The summed E-state index contributed by atoms with van der Waals surface area (Å²) in [6, 6.07) is 5.71. The summed E-state index contributed by atoms with van der Waals surface area (Å²) < 4.78 is 9.44. The lowest BCUT2D eigenvalue weighted by atomic mass is 10.1.